The number of rotatable bonds is 15. The van der Waals surface area contributed by atoms with E-state index in [-0.39, 0.29) is 5.41 Å². The first-order chi connectivity index (χ1) is 16.5. The Kier molecular flexibility index (Phi) is 11.3. The Morgan fingerprint density at radius 2 is 1.88 bits per heavy atom. The van der Waals surface area contributed by atoms with Crippen molar-refractivity contribution in [3.05, 3.63) is 48.0 Å². The van der Waals surface area contributed by atoms with Crippen LogP contribution < -0.4 is 0 Å². The Bertz CT molecular complexity index is 764. The summed E-state index contributed by atoms with van der Waals surface area (Å²) in [7, 11) is 0. The number of thioether (sulfide) groups is 1. The lowest BCUT2D eigenvalue weighted by Crippen LogP contribution is -2.28. The fourth-order valence-corrected chi connectivity index (χ4v) is 6.60. The van der Waals surface area contributed by atoms with Gasteiger partial charge < -0.3 is 14.7 Å². The number of allylic oxidation sites excluding steroid dienone is 2. The van der Waals surface area contributed by atoms with Gasteiger partial charge in [-0.3, -0.25) is 0 Å². The molecule has 2 fully saturated rings. The van der Waals surface area contributed by atoms with E-state index in [0.717, 1.165) is 30.7 Å². The summed E-state index contributed by atoms with van der Waals surface area (Å²) < 4.78 is 12.2. The Morgan fingerprint density at radius 1 is 1.12 bits per heavy atom. The van der Waals surface area contributed by atoms with E-state index in [1.54, 1.807) is 0 Å². The number of unbranched alkanes of at least 4 members (excludes halogenated alkanes) is 3. The molecular formula is C29H45NO3S. The Morgan fingerprint density at radius 3 is 2.62 bits per heavy atom. The van der Waals surface area contributed by atoms with Crippen molar-refractivity contribution in [3.8, 4) is 0 Å². The molecule has 1 N–H and O–H groups in total. The zero-order valence-electron chi connectivity index (χ0n) is 21.5. The van der Waals surface area contributed by atoms with Crippen LogP contribution >= 0.6 is 11.8 Å². The van der Waals surface area contributed by atoms with Crippen molar-refractivity contribution in [1.29, 1.82) is 0 Å². The average molecular weight is 488 g/mol. The van der Waals surface area contributed by atoms with Crippen LogP contribution in [0, 0.1) is 17.3 Å². The highest BCUT2D eigenvalue weighted by Crippen LogP contribution is 2.46. The van der Waals surface area contributed by atoms with E-state index >= 15 is 0 Å². The maximum Gasteiger partial charge on any atom is 0.231 e. The Labute approximate surface area is 211 Å². The van der Waals surface area contributed by atoms with E-state index in [1.165, 1.54) is 50.0 Å². The molecule has 0 spiro atoms. The molecule has 2 bridgehead atoms. The number of benzene rings is 1. The summed E-state index contributed by atoms with van der Waals surface area (Å²) in [6.07, 6.45) is 16.5. The minimum absolute atomic E-state index is 0.319. The smallest absolute Gasteiger partial charge is 0.231 e. The van der Waals surface area contributed by atoms with Gasteiger partial charge >= 0.3 is 0 Å². The lowest BCUT2D eigenvalue weighted by atomic mass is 9.78. The zero-order chi connectivity index (χ0) is 24.2. The molecule has 2 saturated heterocycles. The highest BCUT2D eigenvalue weighted by molar-refractivity contribution is 7.99. The van der Waals surface area contributed by atoms with Crippen LogP contribution in [-0.2, 0) is 16.1 Å². The second-order valence-electron chi connectivity index (χ2n) is 10.6. The topological polar surface area (TPSA) is 51.0 Å². The van der Waals surface area contributed by atoms with Crippen LogP contribution in [0.3, 0.4) is 0 Å². The summed E-state index contributed by atoms with van der Waals surface area (Å²) in [5.74, 6) is 4.35. The molecule has 4 unspecified atom stereocenters. The first-order valence-electron chi connectivity index (χ1n) is 13.3. The normalized spacial score (nSPS) is 24.9. The van der Waals surface area contributed by atoms with Crippen LogP contribution in [0.5, 0.6) is 0 Å². The minimum atomic E-state index is -0.319. The van der Waals surface area contributed by atoms with E-state index in [1.807, 2.05) is 30.3 Å². The molecule has 2 heterocycles. The van der Waals surface area contributed by atoms with Gasteiger partial charge in [0.2, 0.25) is 5.90 Å². The summed E-state index contributed by atoms with van der Waals surface area (Å²) in [6, 6.07) is 9.99. The molecule has 5 heteroatoms. The zero-order valence-corrected chi connectivity index (χ0v) is 22.3. The standard InChI is InChI=1S/C29H45NO3S/c1-4-5-6-13-20-34-22-25-24(26-17-18-27(25)33-26)16-11-8-12-19-29(2,3)28(30-31)32-21-23-14-9-7-10-15-23/h7-11,14-15,24-27,31H,4-6,12-13,16-22H2,1-3H3. The van der Waals surface area contributed by atoms with E-state index in [4.69, 9.17) is 9.47 Å². The molecule has 3 rings (SSSR count). The molecule has 1 aromatic carbocycles. The molecular weight excluding hydrogens is 442 g/mol. The third-order valence-corrected chi connectivity index (χ3v) is 8.64. The van der Waals surface area contributed by atoms with Gasteiger partial charge in [0.05, 0.1) is 12.2 Å². The van der Waals surface area contributed by atoms with Crippen molar-refractivity contribution in [1.82, 2.24) is 0 Å². The molecule has 2 aliphatic rings. The fourth-order valence-electron chi connectivity index (χ4n) is 5.29. The van der Waals surface area contributed by atoms with Gasteiger partial charge in [-0.1, -0.05) is 87.7 Å². The highest BCUT2D eigenvalue weighted by atomic mass is 32.2. The van der Waals surface area contributed by atoms with Gasteiger partial charge in [-0.25, -0.2) is 0 Å². The molecule has 0 aromatic heterocycles. The number of fused-ring (bicyclic) bond motifs is 2. The lowest BCUT2D eigenvalue weighted by Gasteiger charge is -2.27. The third kappa shape index (κ3) is 8.05. The van der Waals surface area contributed by atoms with Gasteiger partial charge in [0.15, 0.2) is 0 Å². The first kappa shape index (κ1) is 27.1. The predicted molar refractivity (Wildman–Crippen MR) is 144 cm³/mol. The maximum atomic E-state index is 9.54. The summed E-state index contributed by atoms with van der Waals surface area (Å²) in [5, 5.41) is 13.0. The summed E-state index contributed by atoms with van der Waals surface area (Å²) >= 11 is 2.15. The van der Waals surface area contributed by atoms with Gasteiger partial charge in [0.25, 0.3) is 0 Å². The van der Waals surface area contributed by atoms with Crippen LogP contribution in [0.4, 0.5) is 0 Å². The largest absolute Gasteiger partial charge is 0.473 e. The lowest BCUT2D eigenvalue weighted by molar-refractivity contribution is 0.0888. The Balaban J connectivity index is 1.39. The summed E-state index contributed by atoms with van der Waals surface area (Å²) in [4.78, 5) is 0. The summed E-state index contributed by atoms with van der Waals surface area (Å²) in [6.45, 7) is 6.86. The number of hydrogen-bond acceptors (Lipinski definition) is 5. The third-order valence-electron chi connectivity index (χ3n) is 7.44. The predicted octanol–water partition coefficient (Wildman–Crippen LogP) is 7.85. The molecule has 1 aromatic rings. The van der Waals surface area contributed by atoms with Gasteiger partial charge in [0, 0.05) is 5.41 Å². The van der Waals surface area contributed by atoms with E-state index in [2.05, 4.69) is 49.8 Å². The number of hydrogen-bond donors (Lipinski definition) is 1. The Hall–Kier alpha value is -1.46. The molecule has 4 atom stereocenters. The van der Waals surface area contributed by atoms with Crippen molar-refractivity contribution < 1.29 is 14.7 Å². The summed E-state index contributed by atoms with van der Waals surface area (Å²) in [5.41, 5.74) is 0.751. The molecule has 0 saturated carbocycles. The molecule has 190 valence electrons. The molecule has 0 radical (unpaired) electrons. The van der Waals surface area contributed by atoms with Gasteiger partial charge in [-0.2, -0.15) is 11.8 Å². The number of oxime groups is 1. The van der Waals surface area contributed by atoms with E-state index in [9.17, 15) is 5.21 Å². The second-order valence-corrected chi connectivity index (χ2v) is 11.7. The van der Waals surface area contributed by atoms with E-state index < -0.39 is 0 Å². The van der Waals surface area contributed by atoms with Crippen molar-refractivity contribution in [2.24, 2.45) is 22.4 Å². The molecule has 0 aliphatic carbocycles. The van der Waals surface area contributed by atoms with Gasteiger partial charge in [0.1, 0.15) is 6.61 Å². The van der Waals surface area contributed by atoms with Crippen LogP contribution in [0.1, 0.15) is 84.1 Å². The molecule has 2 aliphatic heterocycles. The van der Waals surface area contributed by atoms with Crippen LogP contribution in [0.25, 0.3) is 0 Å². The maximum absolute atomic E-state index is 9.54. The van der Waals surface area contributed by atoms with Crippen molar-refractivity contribution in [2.75, 3.05) is 11.5 Å². The monoisotopic (exact) mass is 487 g/mol. The molecule has 0 amide bonds. The average Bonchev–Trinajstić information content (AvgIpc) is 3.44. The second kappa shape index (κ2) is 14.2. The van der Waals surface area contributed by atoms with Gasteiger partial charge in [-0.05, 0) is 67.4 Å². The quantitative estimate of drug-likeness (QED) is 0.0683. The first-order valence-corrected chi connectivity index (χ1v) is 14.5. The van der Waals surface area contributed by atoms with Crippen molar-refractivity contribution >= 4 is 17.7 Å². The van der Waals surface area contributed by atoms with Crippen LogP contribution in [-0.4, -0.2) is 34.8 Å². The SMILES string of the molecule is CCCCCCSCC1C2CCC(O2)C1CC=CCCC(C)(C)C(=NO)OCc1ccccc1. The molecule has 34 heavy (non-hydrogen) atoms. The van der Waals surface area contributed by atoms with Crippen molar-refractivity contribution in [3.63, 3.8) is 0 Å². The number of nitrogens with zero attached hydrogens (tertiary/aromatic N) is 1. The molecule has 4 nitrogen and oxygen atoms in total. The highest BCUT2D eigenvalue weighted by Gasteiger charge is 2.47. The van der Waals surface area contributed by atoms with E-state index in [0.29, 0.717) is 30.6 Å². The van der Waals surface area contributed by atoms with Crippen molar-refractivity contribution in [2.45, 2.75) is 97.4 Å². The fraction of sp³-hybridized carbons (Fsp3) is 0.690. The number of ether oxygens (including phenoxy) is 2. The van der Waals surface area contributed by atoms with Crippen LogP contribution in [0.15, 0.2) is 47.6 Å². The minimum Gasteiger partial charge on any atom is -0.473 e. The van der Waals surface area contributed by atoms with Crippen LogP contribution in [0.2, 0.25) is 0 Å². The van der Waals surface area contributed by atoms with Gasteiger partial charge in [-0.15, -0.1) is 0 Å².